The maximum absolute atomic E-state index is 13.2. The zero-order chi connectivity index (χ0) is 37.6. The van der Waals surface area contributed by atoms with Crippen LogP contribution >= 0.6 is 27.3 Å². The summed E-state index contributed by atoms with van der Waals surface area (Å²) in [4.78, 5) is 35.9. The van der Waals surface area contributed by atoms with Crippen LogP contribution in [0.15, 0.2) is 89.4 Å². The SMILES string of the molecule is O=C1NC(O)CCC1N1Cc2cc(N3CCN(CC4CCN(c5ccc(Oc6c(-c7ccc(Br)cc7)sc7cc(O)ccc67)cc5)CC4)CC3)ccc2C1=O. The molecule has 5 heterocycles. The van der Waals surface area contributed by atoms with Gasteiger partial charge in [0.2, 0.25) is 5.91 Å². The molecule has 9 rings (SSSR count). The lowest BCUT2D eigenvalue weighted by Gasteiger charge is -2.40. The Kier molecular flexibility index (Phi) is 9.92. The van der Waals surface area contributed by atoms with Crippen molar-refractivity contribution < 1.29 is 24.5 Å². The molecule has 4 aromatic carbocycles. The van der Waals surface area contributed by atoms with E-state index in [0.717, 1.165) is 106 Å². The molecule has 55 heavy (non-hydrogen) atoms. The molecule has 284 valence electrons. The summed E-state index contributed by atoms with van der Waals surface area (Å²) < 4.78 is 8.58. The van der Waals surface area contributed by atoms with Gasteiger partial charge in [-0.15, -0.1) is 11.3 Å². The monoisotopic (exact) mass is 821 g/mol. The summed E-state index contributed by atoms with van der Waals surface area (Å²) in [7, 11) is 0. The van der Waals surface area contributed by atoms with Crippen LogP contribution in [-0.4, -0.2) is 89.9 Å². The molecule has 0 saturated carbocycles. The molecule has 0 bridgehead atoms. The normalized spacial score (nSPS) is 20.9. The minimum absolute atomic E-state index is 0.0995. The van der Waals surface area contributed by atoms with E-state index in [2.05, 4.69) is 78.4 Å². The fraction of sp³-hybridized carbons (Fsp3) is 0.349. The number of aromatic hydroxyl groups is 1. The maximum atomic E-state index is 13.2. The molecule has 12 heteroatoms. The Bertz CT molecular complexity index is 2210. The first-order valence-electron chi connectivity index (χ1n) is 19.2. The number of aliphatic hydroxyl groups excluding tert-OH is 1. The molecule has 1 aromatic heterocycles. The minimum atomic E-state index is -0.830. The lowest BCUT2D eigenvalue weighted by Crippen LogP contribution is -2.54. The van der Waals surface area contributed by atoms with Crippen LogP contribution in [0.3, 0.4) is 0 Å². The quantitative estimate of drug-likeness (QED) is 0.149. The molecule has 0 radical (unpaired) electrons. The van der Waals surface area contributed by atoms with Crippen molar-refractivity contribution in [3.8, 4) is 27.7 Å². The molecular formula is C43H44BrN5O5S. The van der Waals surface area contributed by atoms with Crippen LogP contribution in [0.5, 0.6) is 17.2 Å². The number of carbonyl (C=O) groups is 2. The zero-order valence-electron chi connectivity index (χ0n) is 30.5. The molecule has 2 amide bonds. The van der Waals surface area contributed by atoms with Crippen molar-refractivity contribution in [3.63, 3.8) is 0 Å². The van der Waals surface area contributed by atoms with Crippen molar-refractivity contribution in [1.82, 2.24) is 15.1 Å². The zero-order valence-corrected chi connectivity index (χ0v) is 32.9. The van der Waals surface area contributed by atoms with Gasteiger partial charge in [0.1, 0.15) is 23.8 Å². The summed E-state index contributed by atoms with van der Waals surface area (Å²) >= 11 is 5.16. The van der Waals surface area contributed by atoms with Crippen molar-refractivity contribution in [2.75, 3.05) is 55.6 Å². The molecule has 0 aliphatic carbocycles. The summed E-state index contributed by atoms with van der Waals surface area (Å²) in [6.45, 7) is 7.53. The highest BCUT2D eigenvalue weighted by Crippen LogP contribution is 2.47. The first-order chi connectivity index (χ1) is 26.8. The Balaban J connectivity index is 0.768. The van der Waals surface area contributed by atoms with Crippen LogP contribution in [0, 0.1) is 5.92 Å². The van der Waals surface area contributed by atoms with E-state index in [1.54, 1.807) is 28.4 Å². The van der Waals surface area contributed by atoms with E-state index < -0.39 is 12.3 Å². The molecule has 5 aromatic rings. The average molecular weight is 823 g/mol. The molecule has 2 atom stereocenters. The standard InChI is InChI=1S/C43H44BrN5O5S/c44-30-3-1-28(2-4-30)41-40(36-12-8-33(50)24-38(36)55-41)54-34-9-5-31(6-10-34)47-17-15-27(16-18-47)25-46-19-21-48(22-20-46)32-7-11-35-29(23-32)26-49(43(35)53)37-13-14-39(51)45-42(37)52/h1-12,23-24,27,37,39,50-51H,13-22,25-26H2,(H,45,52). The number of halogens is 1. The number of hydrogen-bond acceptors (Lipinski definition) is 9. The maximum Gasteiger partial charge on any atom is 0.255 e. The third kappa shape index (κ3) is 7.40. The number of piperidine rings is 2. The number of phenolic OH excluding ortho intramolecular Hbond substituents is 1. The van der Waals surface area contributed by atoms with Crippen molar-refractivity contribution >= 4 is 60.5 Å². The largest absolute Gasteiger partial charge is 0.508 e. The Morgan fingerprint density at radius 2 is 1.53 bits per heavy atom. The van der Waals surface area contributed by atoms with Gasteiger partial charge in [0.05, 0.1) is 4.88 Å². The number of hydrogen-bond donors (Lipinski definition) is 3. The van der Waals surface area contributed by atoms with Gasteiger partial charge < -0.3 is 35.0 Å². The Labute approximate surface area is 333 Å². The summed E-state index contributed by atoms with van der Waals surface area (Å²) in [6, 6.07) is 27.7. The van der Waals surface area contributed by atoms with Crippen LogP contribution in [-0.2, 0) is 11.3 Å². The van der Waals surface area contributed by atoms with E-state index in [1.807, 2.05) is 30.3 Å². The van der Waals surface area contributed by atoms with Crippen molar-refractivity contribution in [1.29, 1.82) is 0 Å². The van der Waals surface area contributed by atoms with E-state index in [9.17, 15) is 19.8 Å². The summed E-state index contributed by atoms with van der Waals surface area (Å²) in [6.07, 6.45) is 2.42. The second-order valence-corrected chi connectivity index (χ2v) is 17.1. The van der Waals surface area contributed by atoms with Gasteiger partial charge in [0.15, 0.2) is 5.75 Å². The van der Waals surface area contributed by atoms with E-state index in [4.69, 9.17) is 4.74 Å². The Hall–Kier alpha value is -4.62. The lowest BCUT2D eigenvalue weighted by atomic mass is 9.95. The third-order valence-electron chi connectivity index (χ3n) is 11.6. The number of aliphatic hydroxyl groups is 1. The van der Waals surface area contributed by atoms with Gasteiger partial charge in [0.25, 0.3) is 5.91 Å². The average Bonchev–Trinajstić information content (AvgIpc) is 3.71. The van der Waals surface area contributed by atoms with E-state index in [0.29, 0.717) is 30.9 Å². The van der Waals surface area contributed by atoms with Gasteiger partial charge in [-0.3, -0.25) is 14.5 Å². The number of phenols is 1. The minimum Gasteiger partial charge on any atom is -0.508 e. The molecule has 4 aliphatic rings. The van der Waals surface area contributed by atoms with E-state index in [-0.39, 0.29) is 17.6 Å². The highest BCUT2D eigenvalue weighted by molar-refractivity contribution is 9.10. The Morgan fingerprint density at radius 3 is 2.27 bits per heavy atom. The van der Waals surface area contributed by atoms with E-state index in [1.165, 1.54) is 5.69 Å². The topological polar surface area (TPSA) is 109 Å². The number of anilines is 2. The lowest BCUT2D eigenvalue weighted by molar-refractivity contribution is -0.132. The number of nitrogens with one attached hydrogen (secondary N) is 1. The Morgan fingerprint density at radius 1 is 0.800 bits per heavy atom. The number of benzene rings is 4. The van der Waals surface area contributed by atoms with Crippen LogP contribution in [0.4, 0.5) is 11.4 Å². The highest BCUT2D eigenvalue weighted by Gasteiger charge is 2.39. The highest BCUT2D eigenvalue weighted by atomic mass is 79.9. The van der Waals surface area contributed by atoms with Gasteiger partial charge in [-0.25, -0.2) is 0 Å². The number of rotatable bonds is 8. The molecule has 3 fully saturated rings. The molecule has 4 aliphatic heterocycles. The van der Waals surface area contributed by atoms with Gasteiger partial charge in [-0.05, 0) is 116 Å². The molecule has 10 nitrogen and oxygen atoms in total. The molecule has 3 saturated heterocycles. The first-order valence-corrected chi connectivity index (χ1v) is 20.8. The summed E-state index contributed by atoms with van der Waals surface area (Å²) in [5.74, 6) is 2.13. The van der Waals surface area contributed by atoms with Gasteiger partial charge >= 0.3 is 0 Å². The van der Waals surface area contributed by atoms with Crippen LogP contribution in [0.25, 0.3) is 20.5 Å². The fourth-order valence-corrected chi connectivity index (χ4v) is 10.0. The number of thiophene rings is 1. The van der Waals surface area contributed by atoms with Gasteiger partial charge in [-0.2, -0.15) is 0 Å². The van der Waals surface area contributed by atoms with Crippen LogP contribution < -0.4 is 19.9 Å². The fourth-order valence-electron chi connectivity index (χ4n) is 8.58. The second-order valence-electron chi connectivity index (χ2n) is 15.2. The predicted octanol–water partition coefficient (Wildman–Crippen LogP) is 7.42. The number of ether oxygens (including phenoxy) is 1. The van der Waals surface area contributed by atoms with Crippen LogP contribution in [0.1, 0.15) is 41.6 Å². The summed E-state index contributed by atoms with van der Waals surface area (Å²) in [5, 5.41) is 23.5. The predicted molar refractivity (Wildman–Crippen MR) is 220 cm³/mol. The third-order valence-corrected chi connectivity index (χ3v) is 13.4. The van der Waals surface area contributed by atoms with Gasteiger partial charge in [-0.1, -0.05) is 28.1 Å². The molecular weight excluding hydrogens is 778 g/mol. The van der Waals surface area contributed by atoms with Crippen molar-refractivity contribution in [2.24, 2.45) is 5.92 Å². The first kappa shape index (κ1) is 36.0. The van der Waals surface area contributed by atoms with Crippen molar-refractivity contribution in [3.05, 3.63) is 101 Å². The number of piperazine rings is 1. The number of amides is 2. The molecule has 3 N–H and O–H groups in total. The number of fused-ring (bicyclic) bond motifs is 2. The smallest absolute Gasteiger partial charge is 0.255 e. The van der Waals surface area contributed by atoms with Crippen molar-refractivity contribution in [2.45, 2.75) is 44.5 Å². The van der Waals surface area contributed by atoms with E-state index >= 15 is 0 Å². The number of carbonyl (C=O) groups excluding carboxylic acids is 2. The molecule has 0 spiro atoms. The number of nitrogens with zero attached hydrogens (tertiary/aromatic N) is 4. The molecule has 2 unspecified atom stereocenters. The van der Waals surface area contributed by atoms with Gasteiger partial charge in [0, 0.05) is 83.9 Å². The summed E-state index contributed by atoms with van der Waals surface area (Å²) in [5.41, 5.74) is 5.07. The van der Waals surface area contributed by atoms with Crippen LogP contribution in [0.2, 0.25) is 0 Å². The second kappa shape index (κ2) is 15.1.